The van der Waals surface area contributed by atoms with Gasteiger partial charge in [0.15, 0.2) is 0 Å². The molecule has 4 heterocycles. The number of amides is 1. The van der Waals surface area contributed by atoms with Gasteiger partial charge in [0.05, 0.1) is 24.6 Å². The van der Waals surface area contributed by atoms with Crippen LogP contribution in [0.3, 0.4) is 0 Å². The highest BCUT2D eigenvalue weighted by Crippen LogP contribution is 2.30. The Morgan fingerprint density at radius 1 is 1.09 bits per heavy atom. The van der Waals surface area contributed by atoms with Crippen molar-refractivity contribution in [1.29, 1.82) is 0 Å². The number of piperazine rings is 1. The van der Waals surface area contributed by atoms with Crippen molar-refractivity contribution >= 4 is 22.8 Å². The summed E-state index contributed by atoms with van der Waals surface area (Å²) < 4.78 is 7.47. The van der Waals surface area contributed by atoms with Crippen molar-refractivity contribution in [1.82, 2.24) is 24.6 Å². The fourth-order valence-electron chi connectivity index (χ4n) is 4.24. The number of nitrogens with one attached hydrogen (secondary N) is 1. The zero-order valence-corrected chi connectivity index (χ0v) is 19.9. The van der Waals surface area contributed by atoms with Gasteiger partial charge in [-0.1, -0.05) is 30.3 Å². The number of benzene rings is 1. The number of H-pyrrole nitrogens is 1. The number of anilines is 1. The SMILES string of the molecule is CC(C)(C)OC(=O)N1CCN(c2cnc3[nH]cc(-c4cnn(Cc5ccccc5)c4)c3c2)CC1. The zero-order valence-electron chi connectivity index (χ0n) is 19.9. The van der Waals surface area contributed by atoms with E-state index in [0.717, 1.165) is 47.5 Å². The number of ether oxygens (including phenoxy) is 1. The monoisotopic (exact) mass is 458 g/mol. The lowest BCUT2D eigenvalue weighted by atomic mass is 10.1. The fourth-order valence-corrected chi connectivity index (χ4v) is 4.24. The van der Waals surface area contributed by atoms with Crippen LogP contribution in [0.1, 0.15) is 26.3 Å². The summed E-state index contributed by atoms with van der Waals surface area (Å²) in [5.41, 5.74) is 4.76. The number of carbonyl (C=O) groups is 1. The minimum Gasteiger partial charge on any atom is -0.444 e. The number of aromatic amines is 1. The Labute approximate surface area is 199 Å². The topological polar surface area (TPSA) is 79.3 Å². The second-order valence-electron chi connectivity index (χ2n) is 9.66. The van der Waals surface area contributed by atoms with Crippen LogP contribution in [-0.4, -0.2) is 62.5 Å². The van der Waals surface area contributed by atoms with E-state index in [0.29, 0.717) is 13.1 Å². The van der Waals surface area contributed by atoms with Gasteiger partial charge in [0.2, 0.25) is 0 Å². The van der Waals surface area contributed by atoms with Crippen molar-refractivity contribution in [3.63, 3.8) is 0 Å². The summed E-state index contributed by atoms with van der Waals surface area (Å²) in [6, 6.07) is 12.5. The minimum absolute atomic E-state index is 0.249. The molecule has 5 rings (SSSR count). The van der Waals surface area contributed by atoms with E-state index in [4.69, 9.17) is 4.74 Å². The van der Waals surface area contributed by atoms with E-state index >= 15 is 0 Å². The first kappa shape index (κ1) is 22.0. The Hall–Kier alpha value is -3.81. The molecule has 0 spiro atoms. The molecule has 8 nitrogen and oxygen atoms in total. The molecule has 34 heavy (non-hydrogen) atoms. The summed E-state index contributed by atoms with van der Waals surface area (Å²) in [7, 11) is 0. The van der Waals surface area contributed by atoms with Crippen molar-refractivity contribution in [3.05, 3.63) is 66.7 Å². The minimum atomic E-state index is -0.483. The highest BCUT2D eigenvalue weighted by molar-refractivity contribution is 5.95. The molecule has 1 aromatic carbocycles. The van der Waals surface area contributed by atoms with Gasteiger partial charge in [0, 0.05) is 55.1 Å². The summed E-state index contributed by atoms with van der Waals surface area (Å²) in [5, 5.41) is 5.62. The van der Waals surface area contributed by atoms with Crippen LogP contribution in [0.4, 0.5) is 10.5 Å². The van der Waals surface area contributed by atoms with E-state index in [1.54, 1.807) is 4.90 Å². The molecule has 4 aromatic rings. The molecule has 1 aliphatic rings. The van der Waals surface area contributed by atoms with Crippen molar-refractivity contribution in [2.24, 2.45) is 0 Å². The summed E-state index contributed by atoms with van der Waals surface area (Å²) in [5.74, 6) is 0. The number of hydrogen-bond acceptors (Lipinski definition) is 5. The van der Waals surface area contributed by atoms with Gasteiger partial charge in [0.1, 0.15) is 11.2 Å². The number of rotatable bonds is 4. The van der Waals surface area contributed by atoms with E-state index < -0.39 is 5.60 Å². The predicted molar refractivity (Wildman–Crippen MR) is 133 cm³/mol. The van der Waals surface area contributed by atoms with Crippen LogP contribution in [0, 0.1) is 0 Å². The molecule has 0 aliphatic carbocycles. The van der Waals surface area contributed by atoms with Gasteiger partial charge in [0.25, 0.3) is 0 Å². The molecule has 1 aliphatic heterocycles. The highest BCUT2D eigenvalue weighted by Gasteiger charge is 2.26. The second-order valence-corrected chi connectivity index (χ2v) is 9.66. The van der Waals surface area contributed by atoms with E-state index in [9.17, 15) is 4.79 Å². The molecule has 3 aromatic heterocycles. The van der Waals surface area contributed by atoms with Crippen molar-refractivity contribution in [2.75, 3.05) is 31.1 Å². The number of pyridine rings is 1. The second kappa shape index (κ2) is 8.85. The molecule has 176 valence electrons. The van der Waals surface area contributed by atoms with Crippen LogP contribution >= 0.6 is 0 Å². The Morgan fingerprint density at radius 3 is 2.59 bits per heavy atom. The third-order valence-corrected chi connectivity index (χ3v) is 5.94. The van der Waals surface area contributed by atoms with Crippen LogP contribution in [-0.2, 0) is 11.3 Å². The van der Waals surface area contributed by atoms with E-state index in [1.165, 1.54) is 5.56 Å². The highest BCUT2D eigenvalue weighted by atomic mass is 16.6. The molecule has 1 saturated heterocycles. The maximum Gasteiger partial charge on any atom is 0.410 e. The average Bonchev–Trinajstić information content (AvgIpc) is 3.45. The maximum atomic E-state index is 12.4. The summed E-state index contributed by atoms with van der Waals surface area (Å²) in [6.07, 6.45) is 7.61. The first-order valence-corrected chi connectivity index (χ1v) is 11.6. The number of aromatic nitrogens is 4. The maximum absolute atomic E-state index is 12.4. The quantitative estimate of drug-likeness (QED) is 0.486. The first-order valence-electron chi connectivity index (χ1n) is 11.6. The largest absolute Gasteiger partial charge is 0.444 e. The summed E-state index contributed by atoms with van der Waals surface area (Å²) in [6.45, 7) is 9.13. The molecular formula is C26H30N6O2. The number of nitrogens with zero attached hydrogens (tertiary/aromatic N) is 5. The van der Waals surface area contributed by atoms with Crippen molar-refractivity contribution < 1.29 is 9.53 Å². The van der Waals surface area contributed by atoms with Crippen molar-refractivity contribution in [3.8, 4) is 11.1 Å². The number of fused-ring (bicyclic) bond motifs is 1. The van der Waals surface area contributed by atoms with Crippen molar-refractivity contribution in [2.45, 2.75) is 32.9 Å². The average molecular weight is 459 g/mol. The van der Waals surface area contributed by atoms with E-state index in [-0.39, 0.29) is 6.09 Å². The van der Waals surface area contributed by atoms with Crippen LogP contribution in [0.25, 0.3) is 22.2 Å². The normalized spacial score (nSPS) is 14.6. The van der Waals surface area contributed by atoms with Gasteiger partial charge in [-0.3, -0.25) is 4.68 Å². The van der Waals surface area contributed by atoms with Gasteiger partial charge < -0.3 is 19.5 Å². The van der Waals surface area contributed by atoms with E-state index in [1.807, 2.05) is 62.2 Å². The summed E-state index contributed by atoms with van der Waals surface area (Å²) >= 11 is 0. The number of carbonyl (C=O) groups excluding carboxylic acids is 1. The molecule has 0 atom stereocenters. The van der Waals surface area contributed by atoms with Crippen LogP contribution in [0.2, 0.25) is 0 Å². The lowest BCUT2D eigenvalue weighted by Crippen LogP contribution is -2.50. The van der Waals surface area contributed by atoms with Gasteiger partial charge in [-0.2, -0.15) is 5.10 Å². The molecule has 1 amide bonds. The Kier molecular flexibility index (Phi) is 5.73. The zero-order chi connectivity index (χ0) is 23.7. The van der Waals surface area contributed by atoms with Crippen LogP contribution in [0.15, 0.2) is 61.2 Å². The van der Waals surface area contributed by atoms with Crippen LogP contribution < -0.4 is 4.90 Å². The number of hydrogen-bond donors (Lipinski definition) is 1. The molecule has 8 heteroatoms. The van der Waals surface area contributed by atoms with Gasteiger partial charge in [-0.15, -0.1) is 0 Å². The Bertz CT molecular complexity index is 1280. The molecule has 1 N–H and O–H groups in total. The fraction of sp³-hybridized carbons (Fsp3) is 0.346. The van der Waals surface area contributed by atoms with Gasteiger partial charge in [-0.05, 0) is 32.4 Å². The lowest BCUT2D eigenvalue weighted by Gasteiger charge is -2.36. The van der Waals surface area contributed by atoms with E-state index in [2.05, 4.69) is 44.4 Å². The van der Waals surface area contributed by atoms with Gasteiger partial charge >= 0.3 is 6.09 Å². The third kappa shape index (κ3) is 4.76. The third-order valence-electron chi connectivity index (χ3n) is 5.94. The molecule has 1 fully saturated rings. The first-order chi connectivity index (χ1) is 16.4. The smallest absolute Gasteiger partial charge is 0.410 e. The molecule has 0 unspecified atom stereocenters. The molecule has 0 bridgehead atoms. The molecule has 0 saturated carbocycles. The Balaban J connectivity index is 1.31. The molecular weight excluding hydrogens is 428 g/mol. The van der Waals surface area contributed by atoms with Crippen LogP contribution in [0.5, 0.6) is 0 Å². The predicted octanol–water partition coefficient (Wildman–Crippen LogP) is 4.53. The molecule has 0 radical (unpaired) electrons. The van der Waals surface area contributed by atoms with Gasteiger partial charge in [-0.25, -0.2) is 9.78 Å². The summed E-state index contributed by atoms with van der Waals surface area (Å²) in [4.78, 5) is 24.4. The Morgan fingerprint density at radius 2 is 1.85 bits per heavy atom. The standard InChI is InChI=1S/C26H30N6O2/c1-26(2,3)34-25(33)31-11-9-30(10-12-31)21-13-22-23(16-28-24(22)27-15-21)20-14-29-32(18-20)17-19-7-5-4-6-8-19/h4-8,13-16,18H,9-12,17H2,1-3H3,(H,27,28). The lowest BCUT2D eigenvalue weighted by molar-refractivity contribution is 0.0240.